The number of nitrogens with one attached hydrogen (secondary N) is 1. The van der Waals surface area contributed by atoms with Gasteiger partial charge in [0.25, 0.3) is 0 Å². The molecule has 0 heterocycles. The minimum absolute atomic E-state index is 0.0374. The van der Waals surface area contributed by atoms with Gasteiger partial charge >= 0.3 is 0 Å². The molecule has 2 N–H and O–H groups in total. The molecule has 0 aromatic heterocycles. The van der Waals surface area contributed by atoms with E-state index in [4.69, 9.17) is 15.8 Å². The maximum absolute atomic E-state index is 9.50. The fraction of sp³-hybridized carbons (Fsp3) is 0.0833. The van der Waals surface area contributed by atoms with E-state index in [2.05, 4.69) is 5.32 Å². The van der Waals surface area contributed by atoms with E-state index >= 15 is 0 Å². The average molecular weight is 224 g/mol. The number of rotatable bonds is 2. The highest BCUT2D eigenvalue weighted by atomic mass is 16.3. The fourth-order valence-electron chi connectivity index (χ4n) is 1.21. The predicted octanol–water partition coefficient (Wildman–Crippen LogP) is 1.92. The number of aromatic hydroxyl groups is 1. The molecule has 0 aliphatic heterocycles. The Morgan fingerprint density at radius 3 is 2.47 bits per heavy atom. The van der Waals surface area contributed by atoms with Gasteiger partial charge in [-0.1, -0.05) is 0 Å². The molecule has 0 spiro atoms. The molecule has 5 heteroatoms. The van der Waals surface area contributed by atoms with Crippen LogP contribution in [0.15, 0.2) is 23.9 Å². The Hall–Kier alpha value is -2.97. The van der Waals surface area contributed by atoms with Gasteiger partial charge in [-0.2, -0.15) is 15.8 Å². The van der Waals surface area contributed by atoms with Crippen LogP contribution in [-0.2, 0) is 0 Å². The van der Waals surface area contributed by atoms with E-state index in [9.17, 15) is 5.11 Å². The summed E-state index contributed by atoms with van der Waals surface area (Å²) in [5.74, 6) is 0.0374. The number of allylic oxidation sites excluding steroid dienone is 1. The zero-order valence-corrected chi connectivity index (χ0v) is 9.02. The van der Waals surface area contributed by atoms with E-state index in [1.807, 2.05) is 6.07 Å². The standard InChI is InChI=1S/C12H8N4O/c1-8-11(17)3-2-10(6-15)12(8)16-7-9(4-13)5-14/h2-3,7,16-17H,1H3. The first-order chi connectivity index (χ1) is 8.13. The minimum atomic E-state index is -0.114. The van der Waals surface area contributed by atoms with Gasteiger partial charge in [0.15, 0.2) is 0 Å². The van der Waals surface area contributed by atoms with E-state index in [1.54, 1.807) is 19.1 Å². The highest BCUT2D eigenvalue weighted by molar-refractivity contribution is 5.67. The van der Waals surface area contributed by atoms with Gasteiger partial charge in [0.2, 0.25) is 0 Å². The van der Waals surface area contributed by atoms with Crippen molar-refractivity contribution in [2.24, 2.45) is 0 Å². The Morgan fingerprint density at radius 1 is 1.29 bits per heavy atom. The third kappa shape index (κ3) is 2.53. The molecule has 0 aliphatic carbocycles. The smallest absolute Gasteiger partial charge is 0.145 e. The highest BCUT2D eigenvalue weighted by Gasteiger charge is 2.08. The first-order valence-electron chi connectivity index (χ1n) is 4.63. The molecule has 0 aliphatic rings. The van der Waals surface area contributed by atoms with Gasteiger partial charge in [0.1, 0.15) is 29.5 Å². The Morgan fingerprint density at radius 2 is 1.94 bits per heavy atom. The Labute approximate surface area is 98.5 Å². The van der Waals surface area contributed by atoms with Crippen LogP contribution in [-0.4, -0.2) is 5.11 Å². The molecule has 17 heavy (non-hydrogen) atoms. The van der Waals surface area contributed by atoms with Gasteiger partial charge in [-0.15, -0.1) is 0 Å². The van der Waals surface area contributed by atoms with Crippen LogP contribution in [0.4, 0.5) is 5.69 Å². The topological polar surface area (TPSA) is 104 Å². The van der Waals surface area contributed by atoms with Crippen molar-refractivity contribution < 1.29 is 5.11 Å². The number of nitrogens with zero attached hydrogens (tertiary/aromatic N) is 3. The van der Waals surface area contributed by atoms with Crippen molar-refractivity contribution >= 4 is 5.69 Å². The predicted molar refractivity (Wildman–Crippen MR) is 60.5 cm³/mol. The van der Waals surface area contributed by atoms with E-state index in [-0.39, 0.29) is 11.3 Å². The van der Waals surface area contributed by atoms with Gasteiger partial charge < -0.3 is 10.4 Å². The summed E-state index contributed by atoms with van der Waals surface area (Å²) in [4.78, 5) is 0. The summed E-state index contributed by atoms with van der Waals surface area (Å²) >= 11 is 0. The number of hydrogen-bond donors (Lipinski definition) is 2. The second-order valence-electron chi connectivity index (χ2n) is 3.17. The Balaban J connectivity index is 3.21. The molecule has 1 rings (SSSR count). The van der Waals surface area contributed by atoms with E-state index in [0.717, 1.165) is 0 Å². The maximum atomic E-state index is 9.50. The molecule has 0 bridgehead atoms. The van der Waals surface area contributed by atoms with Crippen molar-refractivity contribution in [3.8, 4) is 24.0 Å². The second-order valence-corrected chi connectivity index (χ2v) is 3.17. The summed E-state index contributed by atoms with van der Waals surface area (Å²) in [5, 5.41) is 38.2. The molecule has 0 atom stereocenters. The molecule has 0 radical (unpaired) electrons. The quantitative estimate of drug-likeness (QED) is 0.747. The molecule has 82 valence electrons. The number of phenolic OH excluding ortho intramolecular Hbond substituents is 1. The molecular formula is C12H8N4O. The number of nitriles is 3. The van der Waals surface area contributed by atoms with Crippen LogP contribution in [0.5, 0.6) is 5.75 Å². The van der Waals surface area contributed by atoms with Crippen LogP contribution < -0.4 is 5.32 Å². The van der Waals surface area contributed by atoms with Crippen LogP contribution in [0.1, 0.15) is 11.1 Å². The Kier molecular flexibility index (Phi) is 3.71. The van der Waals surface area contributed by atoms with Gasteiger partial charge in [-0.25, -0.2) is 0 Å². The van der Waals surface area contributed by atoms with Gasteiger partial charge in [-0.05, 0) is 19.1 Å². The van der Waals surface area contributed by atoms with Crippen molar-refractivity contribution in [1.82, 2.24) is 0 Å². The molecular weight excluding hydrogens is 216 g/mol. The SMILES string of the molecule is Cc1c(O)ccc(C#N)c1NC=C(C#N)C#N. The lowest BCUT2D eigenvalue weighted by Gasteiger charge is -2.09. The average Bonchev–Trinajstić information content (AvgIpc) is 2.35. The van der Waals surface area contributed by atoms with Gasteiger partial charge in [0, 0.05) is 11.8 Å². The molecule has 0 saturated carbocycles. The lowest BCUT2D eigenvalue weighted by molar-refractivity contribution is 0.471. The summed E-state index contributed by atoms with van der Waals surface area (Å²) in [6.07, 6.45) is 1.20. The summed E-state index contributed by atoms with van der Waals surface area (Å²) in [6, 6.07) is 8.20. The minimum Gasteiger partial charge on any atom is -0.508 e. The molecule has 0 amide bonds. The first-order valence-corrected chi connectivity index (χ1v) is 4.63. The van der Waals surface area contributed by atoms with Crippen LogP contribution in [0.25, 0.3) is 0 Å². The van der Waals surface area contributed by atoms with Crippen molar-refractivity contribution in [2.75, 3.05) is 5.32 Å². The third-order valence-electron chi connectivity index (χ3n) is 2.16. The largest absolute Gasteiger partial charge is 0.508 e. The zero-order chi connectivity index (χ0) is 12.8. The Bertz CT molecular complexity index is 581. The van der Waals surface area contributed by atoms with E-state index in [0.29, 0.717) is 16.8 Å². The normalized spacial score (nSPS) is 8.35. The van der Waals surface area contributed by atoms with Gasteiger partial charge in [0.05, 0.1) is 11.3 Å². The van der Waals surface area contributed by atoms with Crippen molar-refractivity contribution in [1.29, 1.82) is 15.8 Å². The first kappa shape index (κ1) is 12.1. The van der Waals surface area contributed by atoms with Crippen molar-refractivity contribution in [2.45, 2.75) is 6.92 Å². The highest BCUT2D eigenvalue weighted by Crippen LogP contribution is 2.28. The van der Waals surface area contributed by atoms with Crippen LogP contribution in [0, 0.1) is 40.9 Å². The summed E-state index contributed by atoms with van der Waals surface area (Å²) in [6.45, 7) is 1.63. The lowest BCUT2D eigenvalue weighted by Crippen LogP contribution is -1.96. The summed E-state index contributed by atoms with van der Waals surface area (Å²) in [5.41, 5.74) is 1.08. The van der Waals surface area contributed by atoms with E-state index < -0.39 is 0 Å². The lowest BCUT2D eigenvalue weighted by atomic mass is 10.1. The number of benzene rings is 1. The van der Waals surface area contributed by atoms with Crippen molar-refractivity contribution in [3.05, 3.63) is 35.0 Å². The molecule has 1 aromatic carbocycles. The van der Waals surface area contributed by atoms with Gasteiger partial charge in [-0.3, -0.25) is 0 Å². The summed E-state index contributed by atoms with van der Waals surface area (Å²) in [7, 11) is 0. The van der Waals surface area contributed by atoms with Crippen LogP contribution in [0.3, 0.4) is 0 Å². The third-order valence-corrected chi connectivity index (χ3v) is 2.16. The molecule has 0 saturated heterocycles. The number of anilines is 1. The molecule has 0 fully saturated rings. The van der Waals surface area contributed by atoms with Crippen LogP contribution in [0.2, 0.25) is 0 Å². The van der Waals surface area contributed by atoms with Crippen molar-refractivity contribution in [3.63, 3.8) is 0 Å². The van der Waals surface area contributed by atoms with Crippen LogP contribution >= 0.6 is 0 Å². The number of hydrogen-bond acceptors (Lipinski definition) is 5. The molecule has 1 aromatic rings. The molecule has 5 nitrogen and oxygen atoms in total. The molecule has 0 unspecified atom stereocenters. The maximum Gasteiger partial charge on any atom is 0.145 e. The fourth-order valence-corrected chi connectivity index (χ4v) is 1.21. The zero-order valence-electron chi connectivity index (χ0n) is 9.02. The second kappa shape index (κ2) is 5.21. The number of phenols is 1. The monoisotopic (exact) mass is 224 g/mol. The summed E-state index contributed by atoms with van der Waals surface area (Å²) < 4.78 is 0. The van der Waals surface area contributed by atoms with E-state index in [1.165, 1.54) is 18.3 Å².